The summed E-state index contributed by atoms with van der Waals surface area (Å²) < 4.78 is 6.48. The molecule has 1 amide bonds. The van der Waals surface area contributed by atoms with E-state index in [-0.39, 0.29) is 11.3 Å². The molecule has 0 radical (unpaired) electrons. The highest BCUT2D eigenvalue weighted by molar-refractivity contribution is 9.10. The van der Waals surface area contributed by atoms with Crippen LogP contribution in [0.3, 0.4) is 0 Å². The smallest absolute Gasteiger partial charge is 0.254 e. The summed E-state index contributed by atoms with van der Waals surface area (Å²) in [5, 5.41) is 0.863. The molecule has 3 aromatic carbocycles. The SMILES string of the molecule is COc1ccccc1N1CCN(C(=O)c2cc(-c3ccc(C(C)(C)C)cc3)nc3ccc(Br)cc23)CC1. The van der Waals surface area contributed by atoms with Gasteiger partial charge in [0.25, 0.3) is 5.91 Å². The van der Waals surface area contributed by atoms with Crippen LogP contribution in [0.5, 0.6) is 5.75 Å². The van der Waals surface area contributed by atoms with Gasteiger partial charge in [0.05, 0.1) is 29.6 Å². The second-order valence-corrected chi connectivity index (χ2v) is 11.4. The normalized spacial score (nSPS) is 14.2. The Morgan fingerprint density at radius 2 is 1.62 bits per heavy atom. The number of piperazine rings is 1. The van der Waals surface area contributed by atoms with Crippen LogP contribution in [-0.4, -0.2) is 49.1 Å². The molecule has 0 N–H and O–H groups in total. The van der Waals surface area contributed by atoms with E-state index < -0.39 is 0 Å². The van der Waals surface area contributed by atoms with Crippen molar-refractivity contribution in [3.8, 4) is 17.0 Å². The molecule has 6 heteroatoms. The van der Waals surface area contributed by atoms with Gasteiger partial charge in [0, 0.05) is 41.6 Å². The monoisotopic (exact) mass is 557 g/mol. The number of nitrogens with zero attached hydrogens (tertiary/aromatic N) is 3. The number of hydrogen-bond donors (Lipinski definition) is 0. The van der Waals surface area contributed by atoms with Crippen molar-refractivity contribution in [3.05, 3.63) is 88.4 Å². The Kier molecular flexibility index (Phi) is 6.95. The first kappa shape index (κ1) is 25.3. The zero-order chi connectivity index (χ0) is 26.2. The third kappa shape index (κ3) is 5.21. The zero-order valence-corrected chi connectivity index (χ0v) is 23.4. The number of benzene rings is 3. The molecule has 2 heterocycles. The molecule has 1 saturated heterocycles. The van der Waals surface area contributed by atoms with E-state index in [0.717, 1.165) is 51.2 Å². The van der Waals surface area contributed by atoms with E-state index in [1.165, 1.54) is 5.56 Å². The van der Waals surface area contributed by atoms with E-state index >= 15 is 0 Å². The Bertz CT molecular complexity index is 1440. The van der Waals surface area contributed by atoms with E-state index in [2.05, 4.69) is 71.9 Å². The summed E-state index contributed by atoms with van der Waals surface area (Å²) in [6.45, 7) is 9.41. The fourth-order valence-electron chi connectivity index (χ4n) is 4.88. The molecule has 0 spiro atoms. The number of halogens is 1. The van der Waals surface area contributed by atoms with Gasteiger partial charge in [-0.25, -0.2) is 4.98 Å². The summed E-state index contributed by atoms with van der Waals surface area (Å²) in [6.07, 6.45) is 0. The number of para-hydroxylation sites is 2. The summed E-state index contributed by atoms with van der Waals surface area (Å²) in [5.74, 6) is 0.895. The van der Waals surface area contributed by atoms with Crippen molar-refractivity contribution < 1.29 is 9.53 Å². The van der Waals surface area contributed by atoms with Crippen molar-refractivity contribution in [1.82, 2.24) is 9.88 Å². The maximum atomic E-state index is 13.9. The molecule has 190 valence electrons. The predicted octanol–water partition coefficient (Wildman–Crippen LogP) is 6.93. The summed E-state index contributed by atoms with van der Waals surface area (Å²) >= 11 is 3.58. The lowest BCUT2D eigenvalue weighted by Gasteiger charge is -2.36. The molecule has 1 aliphatic heterocycles. The van der Waals surface area contributed by atoms with E-state index in [4.69, 9.17) is 9.72 Å². The number of anilines is 1. The van der Waals surface area contributed by atoms with Crippen molar-refractivity contribution in [2.45, 2.75) is 26.2 Å². The zero-order valence-electron chi connectivity index (χ0n) is 21.8. The molecule has 37 heavy (non-hydrogen) atoms. The number of fused-ring (bicyclic) bond motifs is 1. The molecule has 1 fully saturated rings. The Morgan fingerprint density at radius 3 is 2.30 bits per heavy atom. The van der Waals surface area contributed by atoms with Crippen molar-refractivity contribution >= 4 is 38.4 Å². The van der Waals surface area contributed by atoms with E-state index in [1.807, 2.05) is 47.4 Å². The van der Waals surface area contributed by atoms with Crippen LogP contribution < -0.4 is 9.64 Å². The number of rotatable bonds is 4. The van der Waals surface area contributed by atoms with Crippen molar-refractivity contribution in [2.24, 2.45) is 0 Å². The third-order valence-electron chi connectivity index (χ3n) is 7.04. The number of ether oxygens (including phenoxy) is 1. The highest BCUT2D eigenvalue weighted by Gasteiger charge is 2.26. The lowest BCUT2D eigenvalue weighted by atomic mass is 9.86. The number of amides is 1. The molecule has 0 saturated carbocycles. The van der Waals surface area contributed by atoms with Crippen LogP contribution in [-0.2, 0) is 5.41 Å². The first-order valence-electron chi connectivity index (χ1n) is 12.6. The van der Waals surface area contributed by atoms with Gasteiger partial charge in [-0.2, -0.15) is 0 Å². The molecular formula is C31H32BrN3O2. The van der Waals surface area contributed by atoms with Crippen molar-refractivity contribution in [3.63, 3.8) is 0 Å². The summed E-state index contributed by atoms with van der Waals surface area (Å²) in [7, 11) is 1.69. The number of carbonyl (C=O) groups is 1. The standard InChI is InChI=1S/C31H32BrN3O2/c1-31(2,3)22-11-9-21(10-12-22)27-20-25(24-19-23(32)13-14-26(24)33-27)30(36)35-17-15-34(16-18-35)28-7-5-6-8-29(28)37-4/h5-14,19-20H,15-18H2,1-4H3. The minimum atomic E-state index is 0.0396. The van der Waals surface area contributed by atoms with Gasteiger partial charge in [0.1, 0.15) is 5.75 Å². The van der Waals surface area contributed by atoms with Crippen molar-refractivity contribution in [1.29, 1.82) is 0 Å². The van der Waals surface area contributed by atoms with Gasteiger partial charge < -0.3 is 14.5 Å². The average Bonchev–Trinajstić information content (AvgIpc) is 2.91. The minimum Gasteiger partial charge on any atom is -0.495 e. The number of methoxy groups -OCH3 is 1. The lowest BCUT2D eigenvalue weighted by Crippen LogP contribution is -2.49. The van der Waals surface area contributed by atoms with Crippen LogP contribution in [0, 0.1) is 0 Å². The Balaban J connectivity index is 1.45. The van der Waals surface area contributed by atoms with Gasteiger partial charge >= 0.3 is 0 Å². The molecule has 1 aliphatic rings. The Labute approximate surface area is 227 Å². The fourth-order valence-corrected chi connectivity index (χ4v) is 5.24. The quantitative estimate of drug-likeness (QED) is 0.273. The second kappa shape index (κ2) is 10.2. The van der Waals surface area contributed by atoms with E-state index in [0.29, 0.717) is 18.7 Å². The van der Waals surface area contributed by atoms with Crippen LogP contribution in [0.15, 0.2) is 77.3 Å². The molecular weight excluding hydrogens is 526 g/mol. The van der Waals surface area contributed by atoms with Gasteiger partial charge in [-0.1, -0.05) is 73.1 Å². The molecule has 0 bridgehead atoms. The Hall–Kier alpha value is -3.38. The van der Waals surface area contributed by atoms with Crippen LogP contribution in [0.4, 0.5) is 5.69 Å². The highest BCUT2D eigenvalue weighted by atomic mass is 79.9. The largest absolute Gasteiger partial charge is 0.495 e. The van der Waals surface area contributed by atoms with Crippen LogP contribution in [0.25, 0.3) is 22.2 Å². The third-order valence-corrected chi connectivity index (χ3v) is 7.53. The number of aromatic nitrogens is 1. The van der Waals surface area contributed by atoms with Crippen molar-refractivity contribution in [2.75, 3.05) is 38.2 Å². The van der Waals surface area contributed by atoms with Gasteiger partial charge in [-0.05, 0) is 47.4 Å². The molecule has 0 aliphatic carbocycles. The average molecular weight is 559 g/mol. The maximum Gasteiger partial charge on any atom is 0.254 e. The van der Waals surface area contributed by atoms with Crippen LogP contribution >= 0.6 is 15.9 Å². The number of carbonyl (C=O) groups excluding carboxylic acids is 1. The maximum absolute atomic E-state index is 13.9. The predicted molar refractivity (Wildman–Crippen MR) is 155 cm³/mol. The topological polar surface area (TPSA) is 45.7 Å². The number of hydrogen-bond acceptors (Lipinski definition) is 4. The summed E-state index contributed by atoms with van der Waals surface area (Å²) in [5.41, 5.74) is 5.73. The minimum absolute atomic E-state index is 0.0396. The Morgan fingerprint density at radius 1 is 0.919 bits per heavy atom. The molecule has 0 atom stereocenters. The van der Waals surface area contributed by atoms with E-state index in [1.54, 1.807) is 7.11 Å². The van der Waals surface area contributed by atoms with Gasteiger partial charge in [-0.3, -0.25) is 4.79 Å². The first-order valence-corrected chi connectivity index (χ1v) is 13.4. The number of pyridine rings is 1. The summed E-state index contributed by atoms with van der Waals surface area (Å²) in [4.78, 5) is 23.1. The molecule has 4 aromatic rings. The second-order valence-electron chi connectivity index (χ2n) is 10.5. The van der Waals surface area contributed by atoms with E-state index in [9.17, 15) is 4.79 Å². The molecule has 5 nitrogen and oxygen atoms in total. The fraction of sp³-hybridized carbons (Fsp3) is 0.290. The lowest BCUT2D eigenvalue weighted by molar-refractivity contribution is 0.0748. The van der Waals surface area contributed by atoms with Gasteiger partial charge in [0.15, 0.2) is 0 Å². The van der Waals surface area contributed by atoms with Crippen LogP contribution in [0.2, 0.25) is 0 Å². The van der Waals surface area contributed by atoms with Crippen LogP contribution in [0.1, 0.15) is 36.7 Å². The molecule has 0 unspecified atom stereocenters. The highest BCUT2D eigenvalue weighted by Crippen LogP contribution is 2.32. The first-order chi connectivity index (χ1) is 17.7. The van der Waals surface area contributed by atoms with Gasteiger partial charge in [0.2, 0.25) is 0 Å². The molecule has 1 aromatic heterocycles. The van der Waals surface area contributed by atoms with Gasteiger partial charge in [-0.15, -0.1) is 0 Å². The summed E-state index contributed by atoms with van der Waals surface area (Å²) in [6, 6.07) is 24.5. The molecule has 5 rings (SSSR count).